The van der Waals surface area contributed by atoms with Crippen molar-refractivity contribution in [2.24, 2.45) is 10.6 Å². The van der Waals surface area contributed by atoms with Gasteiger partial charge in [-0.15, -0.1) is 0 Å². The number of para-hydroxylation sites is 1. The molecule has 3 aromatic rings. The minimum Gasteiger partial charge on any atom is -0.384 e. The summed E-state index contributed by atoms with van der Waals surface area (Å²) in [5.74, 6) is 0. The van der Waals surface area contributed by atoms with E-state index >= 15 is 0 Å². The molecule has 130 valence electrons. The summed E-state index contributed by atoms with van der Waals surface area (Å²) in [4.78, 5) is 11.2. The fourth-order valence-corrected chi connectivity index (χ4v) is 4.57. The maximum absolute atomic E-state index is 6.21. The number of pyridine rings is 1. The van der Waals surface area contributed by atoms with Crippen molar-refractivity contribution in [3.8, 4) is 0 Å². The molecular weight excluding hydrogens is 320 g/mol. The van der Waals surface area contributed by atoms with Crippen molar-refractivity contribution in [2.45, 2.75) is 38.7 Å². The second-order valence-corrected chi connectivity index (χ2v) is 8.36. The SMILES string of the molecule is CC1(C)Cc2nc3ccccc3cc2[C@@]2(CC(c3ccccc3)=NO2)C1. The average molecular weight is 342 g/mol. The molecule has 1 atom stereocenters. The van der Waals surface area contributed by atoms with Crippen molar-refractivity contribution < 1.29 is 4.84 Å². The lowest BCUT2D eigenvalue weighted by Crippen LogP contribution is -2.40. The average Bonchev–Trinajstić information content (AvgIpc) is 3.04. The molecule has 3 heteroatoms. The lowest BCUT2D eigenvalue weighted by Gasteiger charge is -2.41. The van der Waals surface area contributed by atoms with Crippen LogP contribution in [0.25, 0.3) is 10.9 Å². The van der Waals surface area contributed by atoms with E-state index in [1.54, 1.807) is 0 Å². The lowest BCUT2D eigenvalue weighted by atomic mass is 9.66. The molecule has 0 saturated heterocycles. The van der Waals surface area contributed by atoms with Crippen molar-refractivity contribution in [1.82, 2.24) is 4.98 Å². The number of aromatic nitrogens is 1. The van der Waals surface area contributed by atoms with Crippen molar-refractivity contribution in [3.05, 3.63) is 77.5 Å². The van der Waals surface area contributed by atoms with Gasteiger partial charge in [-0.3, -0.25) is 4.98 Å². The van der Waals surface area contributed by atoms with Gasteiger partial charge in [-0.1, -0.05) is 67.5 Å². The third kappa shape index (κ3) is 2.42. The predicted molar refractivity (Wildman–Crippen MR) is 104 cm³/mol. The van der Waals surface area contributed by atoms with Crippen LogP contribution < -0.4 is 0 Å². The summed E-state index contributed by atoms with van der Waals surface area (Å²) in [6, 6.07) is 21.0. The zero-order valence-corrected chi connectivity index (χ0v) is 15.2. The molecule has 0 saturated carbocycles. The van der Waals surface area contributed by atoms with Crippen molar-refractivity contribution in [2.75, 3.05) is 0 Å². The van der Waals surface area contributed by atoms with Gasteiger partial charge in [0.1, 0.15) is 0 Å². The second-order valence-electron chi connectivity index (χ2n) is 8.36. The van der Waals surface area contributed by atoms with Gasteiger partial charge in [0.2, 0.25) is 0 Å². The zero-order valence-electron chi connectivity index (χ0n) is 15.2. The normalized spacial score (nSPS) is 23.5. The van der Waals surface area contributed by atoms with Gasteiger partial charge in [0.05, 0.1) is 11.2 Å². The first kappa shape index (κ1) is 15.6. The summed E-state index contributed by atoms with van der Waals surface area (Å²) in [6.45, 7) is 4.61. The molecule has 2 aliphatic rings. The fraction of sp³-hybridized carbons (Fsp3) is 0.304. The van der Waals surface area contributed by atoms with E-state index in [0.29, 0.717) is 0 Å². The molecule has 1 aromatic heterocycles. The Morgan fingerprint density at radius 2 is 1.69 bits per heavy atom. The van der Waals surface area contributed by atoms with Crippen LogP contribution in [0.2, 0.25) is 0 Å². The summed E-state index contributed by atoms with van der Waals surface area (Å²) < 4.78 is 0. The maximum atomic E-state index is 6.21. The minimum atomic E-state index is -0.403. The Bertz CT molecular complexity index is 1020. The first-order valence-electron chi connectivity index (χ1n) is 9.24. The molecule has 1 spiro atoms. The molecule has 1 aliphatic heterocycles. The summed E-state index contributed by atoms with van der Waals surface area (Å²) in [6.07, 6.45) is 2.72. The second kappa shape index (κ2) is 5.41. The third-order valence-electron chi connectivity index (χ3n) is 5.59. The topological polar surface area (TPSA) is 34.5 Å². The van der Waals surface area contributed by atoms with Gasteiger partial charge in [0.15, 0.2) is 5.60 Å². The van der Waals surface area contributed by atoms with E-state index in [0.717, 1.165) is 41.7 Å². The summed E-state index contributed by atoms with van der Waals surface area (Å²) in [5, 5.41) is 5.68. The lowest BCUT2D eigenvalue weighted by molar-refractivity contribution is -0.0631. The van der Waals surface area contributed by atoms with Crippen LogP contribution in [0.15, 0.2) is 65.8 Å². The number of hydrogen-bond acceptors (Lipinski definition) is 3. The van der Waals surface area contributed by atoms with Crippen LogP contribution in [-0.2, 0) is 16.9 Å². The molecule has 2 heterocycles. The fourth-order valence-electron chi connectivity index (χ4n) is 4.57. The molecular formula is C23H22N2O. The first-order valence-corrected chi connectivity index (χ1v) is 9.24. The molecule has 5 rings (SSSR count). The van der Waals surface area contributed by atoms with Gasteiger partial charge >= 0.3 is 0 Å². The Balaban J connectivity index is 1.63. The maximum Gasteiger partial charge on any atom is 0.170 e. The highest BCUT2D eigenvalue weighted by Crippen LogP contribution is 2.51. The van der Waals surface area contributed by atoms with Crippen LogP contribution >= 0.6 is 0 Å². The largest absolute Gasteiger partial charge is 0.384 e. The van der Waals surface area contributed by atoms with Gasteiger partial charge in [-0.2, -0.15) is 0 Å². The standard InChI is InChI=1S/C23H22N2O/c1-22(2)13-21-18(12-17-10-6-7-11-19(17)24-21)23(15-22)14-20(25-26-23)16-8-4-3-5-9-16/h3-12H,13-15H2,1-2H3/t23-/m1/s1. The quantitative estimate of drug-likeness (QED) is 0.607. The van der Waals surface area contributed by atoms with Crippen LogP contribution in [-0.4, -0.2) is 10.7 Å². The van der Waals surface area contributed by atoms with E-state index in [1.165, 1.54) is 10.9 Å². The summed E-state index contributed by atoms with van der Waals surface area (Å²) in [7, 11) is 0. The Labute approximate surface area is 153 Å². The third-order valence-corrected chi connectivity index (χ3v) is 5.59. The number of oxime groups is 1. The van der Waals surface area contributed by atoms with E-state index in [4.69, 9.17) is 9.82 Å². The van der Waals surface area contributed by atoms with Gasteiger partial charge in [-0.25, -0.2) is 0 Å². The highest BCUT2D eigenvalue weighted by molar-refractivity contribution is 6.01. The Morgan fingerprint density at radius 1 is 0.923 bits per heavy atom. The van der Waals surface area contributed by atoms with Crippen LogP contribution in [0.1, 0.15) is 43.5 Å². The summed E-state index contributed by atoms with van der Waals surface area (Å²) in [5.41, 5.74) is 5.32. The molecule has 1 aliphatic carbocycles. The summed E-state index contributed by atoms with van der Waals surface area (Å²) >= 11 is 0. The van der Waals surface area contributed by atoms with Gasteiger partial charge < -0.3 is 4.84 Å². The van der Waals surface area contributed by atoms with E-state index in [1.807, 2.05) is 12.1 Å². The number of hydrogen-bond donors (Lipinski definition) is 0. The van der Waals surface area contributed by atoms with E-state index in [9.17, 15) is 0 Å². The number of nitrogens with zero attached hydrogens (tertiary/aromatic N) is 2. The van der Waals surface area contributed by atoms with Crippen LogP contribution in [0.3, 0.4) is 0 Å². The van der Waals surface area contributed by atoms with E-state index in [2.05, 4.69) is 67.5 Å². The predicted octanol–water partition coefficient (Wildman–Crippen LogP) is 5.23. The zero-order chi connectivity index (χ0) is 17.8. The van der Waals surface area contributed by atoms with Crippen molar-refractivity contribution in [1.29, 1.82) is 0 Å². The number of benzene rings is 2. The highest BCUT2D eigenvalue weighted by atomic mass is 16.7. The highest BCUT2D eigenvalue weighted by Gasteiger charge is 2.50. The van der Waals surface area contributed by atoms with Crippen molar-refractivity contribution in [3.63, 3.8) is 0 Å². The molecule has 0 N–H and O–H groups in total. The van der Waals surface area contributed by atoms with E-state index in [-0.39, 0.29) is 5.41 Å². The smallest absolute Gasteiger partial charge is 0.170 e. The Kier molecular flexibility index (Phi) is 3.24. The number of rotatable bonds is 1. The van der Waals surface area contributed by atoms with Gasteiger partial charge in [0.25, 0.3) is 0 Å². The van der Waals surface area contributed by atoms with E-state index < -0.39 is 5.60 Å². The molecule has 0 amide bonds. The number of fused-ring (bicyclic) bond motifs is 3. The minimum absolute atomic E-state index is 0.129. The van der Waals surface area contributed by atoms with Gasteiger partial charge in [0, 0.05) is 29.5 Å². The first-order chi connectivity index (χ1) is 12.5. The molecule has 0 fully saturated rings. The molecule has 0 radical (unpaired) electrons. The Morgan fingerprint density at radius 3 is 2.54 bits per heavy atom. The molecule has 0 bridgehead atoms. The van der Waals surface area contributed by atoms with Crippen LogP contribution in [0.5, 0.6) is 0 Å². The van der Waals surface area contributed by atoms with Crippen molar-refractivity contribution >= 4 is 16.6 Å². The monoisotopic (exact) mass is 342 g/mol. The van der Waals surface area contributed by atoms with Crippen LogP contribution in [0, 0.1) is 5.41 Å². The molecule has 3 nitrogen and oxygen atoms in total. The molecule has 2 aromatic carbocycles. The molecule has 26 heavy (non-hydrogen) atoms. The van der Waals surface area contributed by atoms with Crippen LogP contribution in [0.4, 0.5) is 0 Å². The Hall–Kier alpha value is -2.68. The van der Waals surface area contributed by atoms with Gasteiger partial charge in [-0.05, 0) is 29.5 Å². The molecule has 0 unspecified atom stereocenters.